The van der Waals surface area contributed by atoms with Gasteiger partial charge in [0.15, 0.2) is 5.03 Å². The van der Waals surface area contributed by atoms with Crippen molar-refractivity contribution in [2.45, 2.75) is 40.5 Å². The summed E-state index contributed by atoms with van der Waals surface area (Å²) in [6.45, 7) is 5.33. The highest BCUT2D eigenvalue weighted by Gasteiger charge is 2.28. The van der Waals surface area contributed by atoms with E-state index in [1.807, 2.05) is 6.92 Å². The molecule has 1 atom stereocenters. The molecule has 27 heavy (non-hydrogen) atoms. The van der Waals surface area contributed by atoms with E-state index < -0.39 is 20.6 Å². The van der Waals surface area contributed by atoms with Gasteiger partial charge in [0.2, 0.25) is 9.84 Å². The van der Waals surface area contributed by atoms with E-state index in [2.05, 4.69) is 4.98 Å². The highest BCUT2D eigenvalue weighted by Crippen LogP contribution is 2.31. The Morgan fingerprint density at radius 1 is 0.926 bits per heavy atom. The molecule has 0 aliphatic rings. The number of pyridine rings is 1. The van der Waals surface area contributed by atoms with Crippen LogP contribution < -0.4 is 0 Å². The molecule has 7 heteroatoms. The van der Waals surface area contributed by atoms with Crippen LogP contribution in [0.25, 0.3) is 0 Å². The van der Waals surface area contributed by atoms with Crippen LogP contribution in [-0.4, -0.2) is 17.6 Å². The molecule has 3 aromatic rings. The van der Waals surface area contributed by atoms with Crippen molar-refractivity contribution in [2.24, 2.45) is 0 Å². The highest BCUT2D eigenvalue weighted by molar-refractivity contribution is 7.92. The van der Waals surface area contributed by atoms with Crippen LogP contribution >= 0.6 is 11.6 Å². The van der Waals surface area contributed by atoms with Gasteiger partial charge in [0, 0.05) is 15.6 Å². The molecule has 0 unspecified atom stereocenters. The summed E-state index contributed by atoms with van der Waals surface area (Å²) in [5.74, 6) is 0. The Balaban J connectivity index is 2.23. The van der Waals surface area contributed by atoms with Crippen LogP contribution in [0.3, 0.4) is 0 Å². The van der Waals surface area contributed by atoms with E-state index in [0.29, 0.717) is 21.2 Å². The molecule has 0 bridgehead atoms. The average molecular weight is 420 g/mol. The minimum atomic E-state index is -3.88. The molecule has 3 rings (SSSR count). The summed E-state index contributed by atoms with van der Waals surface area (Å²) in [7, 11) is -5.64. The third kappa shape index (κ3) is 3.98. The van der Waals surface area contributed by atoms with Gasteiger partial charge in [-0.25, -0.2) is 17.6 Å². The first kappa shape index (κ1) is 19.7. The van der Waals surface area contributed by atoms with Crippen molar-refractivity contribution >= 4 is 32.2 Å². The zero-order valence-electron chi connectivity index (χ0n) is 15.1. The number of rotatable bonds is 4. The molecule has 0 N–H and O–H groups in total. The van der Waals surface area contributed by atoms with Crippen molar-refractivity contribution in [3.05, 3.63) is 76.4 Å². The smallest absolute Gasteiger partial charge is 0.209 e. The maximum Gasteiger partial charge on any atom is 0.209 e. The minimum Gasteiger partial charge on any atom is -0.247 e. The van der Waals surface area contributed by atoms with E-state index in [-0.39, 0.29) is 14.8 Å². The summed E-state index contributed by atoms with van der Waals surface area (Å²) in [5.41, 5.74) is 2.07. The predicted molar refractivity (Wildman–Crippen MR) is 106 cm³/mol. The number of benzene rings is 2. The lowest BCUT2D eigenvalue weighted by atomic mass is 10.2. The van der Waals surface area contributed by atoms with Gasteiger partial charge >= 0.3 is 0 Å². The van der Waals surface area contributed by atoms with Gasteiger partial charge in [-0.1, -0.05) is 29.3 Å². The highest BCUT2D eigenvalue weighted by atomic mass is 35.5. The fourth-order valence-corrected chi connectivity index (χ4v) is 6.08. The Labute approximate surface area is 166 Å². The van der Waals surface area contributed by atoms with Crippen molar-refractivity contribution in [3.63, 3.8) is 0 Å². The quantitative estimate of drug-likeness (QED) is 0.616. The number of hydrogen-bond donors (Lipinski definition) is 0. The van der Waals surface area contributed by atoms with Gasteiger partial charge in [0.25, 0.3) is 0 Å². The van der Waals surface area contributed by atoms with Crippen LogP contribution in [0.15, 0.2) is 74.3 Å². The van der Waals surface area contributed by atoms with E-state index in [4.69, 9.17) is 11.6 Å². The number of halogens is 1. The molecule has 0 spiro atoms. The van der Waals surface area contributed by atoms with Crippen LogP contribution in [0.4, 0.5) is 0 Å². The minimum absolute atomic E-state index is 0.00904. The molecule has 2 aromatic carbocycles. The van der Waals surface area contributed by atoms with E-state index in [1.54, 1.807) is 68.4 Å². The Hall–Kier alpha value is -2.02. The monoisotopic (exact) mass is 419 g/mol. The van der Waals surface area contributed by atoms with Crippen LogP contribution in [0.5, 0.6) is 0 Å². The molecule has 0 aliphatic heterocycles. The Kier molecular flexibility index (Phi) is 5.51. The lowest BCUT2D eigenvalue weighted by Crippen LogP contribution is -2.12. The summed E-state index contributed by atoms with van der Waals surface area (Å²) in [5, 5.41) is 0.548. The fourth-order valence-electron chi connectivity index (χ4n) is 2.75. The van der Waals surface area contributed by atoms with E-state index in [9.17, 15) is 12.6 Å². The van der Waals surface area contributed by atoms with Crippen molar-refractivity contribution in [2.75, 3.05) is 0 Å². The SMILES string of the molecule is Cc1ccc(S(=O)(=O)c2c(C)cc(C)nc2[S@@](=O)c2ccc(Cl)cc2)cc1. The van der Waals surface area contributed by atoms with Crippen molar-refractivity contribution < 1.29 is 12.6 Å². The van der Waals surface area contributed by atoms with Crippen molar-refractivity contribution in [3.8, 4) is 0 Å². The topological polar surface area (TPSA) is 64.1 Å². The van der Waals surface area contributed by atoms with Crippen LogP contribution in [0, 0.1) is 20.8 Å². The predicted octanol–water partition coefficient (Wildman–Crippen LogP) is 4.66. The van der Waals surface area contributed by atoms with Gasteiger partial charge < -0.3 is 0 Å². The van der Waals surface area contributed by atoms with E-state index >= 15 is 0 Å². The molecule has 1 aromatic heterocycles. The molecular weight excluding hydrogens is 402 g/mol. The maximum atomic E-state index is 13.3. The lowest BCUT2D eigenvalue weighted by Gasteiger charge is -2.14. The summed E-state index contributed by atoms with van der Waals surface area (Å²) >= 11 is 5.90. The van der Waals surface area contributed by atoms with Gasteiger partial charge in [-0.05, 0) is 68.8 Å². The fraction of sp³-hybridized carbons (Fsp3) is 0.150. The van der Waals surface area contributed by atoms with Crippen molar-refractivity contribution in [1.29, 1.82) is 0 Å². The third-order valence-corrected chi connectivity index (χ3v) is 7.73. The first-order valence-electron chi connectivity index (χ1n) is 8.17. The van der Waals surface area contributed by atoms with Gasteiger partial charge in [0.1, 0.15) is 15.7 Å². The Morgan fingerprint density at radius 2 is 1.52 bits per heavy atom. The Morgan fingerprint density at radius 3 is 2.11 bits per heavy atom. The van der Waals surface area contributed by atoms with E-state index in [0.717, 1.165) is 5.56 Å². The van der Waals surface area contributed by atoms with E-state index in [1.165, 1.54) is 0 Å². The summed E-state index contributed by atoms with van der Waals surface area (Å²) in [6, 6.07) is 14.7. The lowest BCUT2D eigenvalue weighted by molar-refractivity contribution is 0.590. The number of nitrogens with zero attached hydrogens (tertiary/aromatic N) is 1. The first-order chi connectivity index (χ1) is 12.7. The number of aryl methyl sites for hydroxylation is 3. The Bertz CT molecular complexity index is 1120. The molecule has 1 heterocycles. The van der Waals surface area contributed by atoms with Crippen molar-refractivity contribution in [1.82, 2.24) is 4.98 Å². The summed E-state index contributed by atoms with van der Waals surface area (Å²) in [4.78, 5) is 4.91. The second kappa shape index (κ2) is 7.54. The molecule has 0 fully saturated rings. The standard InChI is InChI=1S/C20H18ClNO3S2/c1-13-4-10-18(11-5-13)27(24,25)19-14(2)12-15(3)22-20(19)26(23)17-8-6-16(21)7-9-17/h4-12H,1-3H3/t26-/m0/s1. The van der Waals surface area contributed by atoms with Gasteiger partial charge in [-0.2, -0.15) is 0 Å². The normalized spacial score (nSPS) is 12.7. The zero-order valence-corrected chi connectivity index (χ0v) is 17.5. The third-order valence-electron chi connectivity index (χ3n) is 4.06. The molecule has 0 saturated carbocycles. The second-order valence-electron chi connectivity index (χ2n) is 6.25. The molecule has 0 aliphatic carbocycles. The molecule has 0 radical (unpaired) electrons. The molecule has 0 amide bonds. The number of sulfone groups is 1. The first-order valence-corrected chi connectivity index (χ1v) is 11.2. The van der Waals surface area contributed by atoms with Gasteiger partial charge in [-0.3, -0.25) is 0 Å². The number of hydrogen-bond acceptors (Lipinski definition) is 4. The maximum absolute atomic E-state index is 13.3. The van der Waals surface area contributed by atoms with Crippen LogP contribution in [-0.2, 0) is 20.6 Å². The summed E-state index contributed by atoms with van der Waals surface area (Å²) in [6.07, 6.45) is 0. The van der Waals surface area contributed by atoms with Crippen LogP contribution in [0.2, 0.25) is 5.02 Å². The second-order valence-corrected chi connectivity index (χ2v) is 9.97. The summed E-state index contributed by atoms with van der Waals surface area (Å²) < 4.78 is 39.7. The molecule has 140 valence electrons. The largest absolute Gasteiger partial charge is 0.247 e. The van der Waals surface area contributed by atoms with Gasteiger partial charge in [0.05, 0.1) is 4.90 Å². The van der Waals surface area contributed by atoms with Crippen LogP contribution in [0.1, 0.15) is 16.8 Å². The number of aromatic nitrogens is 1. The molecular formula is C20H18ClNO3S2. The average Bonchev–Trinajstić information content (AvgIpc) is 2.61. The molecule has 0 saturated heterocycles. The molecule has 4 nitrogen and oxygen atoms in total. The van der Waals surface area contributed by atoms with Gasteiger partial charge in [-0.15, -0.1) is 0 Å². The zero-order chi connectivity index (χ0) is 19.8.